The number of carbonyl (C=O) groups excluding carboxylic acids is 2. The molecule has 1 aliphatic heterocycles. The van der Waals surface area contributed by atoms with Crippen molar-refractivity contribution in [2.45, 2.75) is 90.8 Å². The van der Waals surface area contributed by atoms with E-state index in [4.69, 9.17) is 18.3 Å². The highest BCUT2D eigenvalue weighted by molar-refractivity contribution is 6.71. The fourth-order valence-electron chi connectivity index (χ4n) is 5.19. The second-order valence-corrected chi connectivity index (χ2v) is 20.5. The number of benzene rings is 1. The fraction of sp³-hybridized carbons (Fsp3) is 0.692. The Hall–Kier alpha value is -1.85. The van der Waals surface area contributed by atoms with Crippen LogP contribution < -0.4 is 14.2 Å². The van der Waals surface area contributed by atoms with Crippen molar-refractivity contribution in [3.05, 3.63) is 23.3 Å². The minimum Gasteiger partial charge on any atom is -0.542 e. The van der Waals surface area contributed by atoms with Gasteiger partial charge >= 0.3 is 11.9 Å². The van der Waals surface area contributed by atoms with Gasteiger partial charge in [-0.3, -0.25) is 9.59 Å². The highest BCUT2D eigenvalue weighted by Gasteiger charge is 2.55. The number of esters is 2. The summed E-state index contributed by atoms with van der Waals surface area (Å²) in [5.41, 5.74) is 0.876. The number of nitrogens with one attached hydrogen (secondary N) is 1. The Labute approximate surface area is 212 Å². The van der Waals surface area contributed by atoms with E-state index in [1.165, 1.54) is 11.1 Å². The van der Waals surface area contributed by atoms with Gasteiger partial charge in [0.2, 0.25) is 16.6 Å². The molecule has 1 spiro atoms. The number of ether oxygens (including phenoxy) is 2. The number of hydrogen-bond acceptors (Lipinski definition) is 7. The number of hydrogen-bond donors (Lipinski definition) is 1. The lowest BCUT2D eigenvalue weighted by Gasteiger charge is -2.47. The summed E-state index contributed by atoms with van der Waals surface area (Å²) >= 11 is 0. The summed E-state index contributed by atoms with van der Waals surface area (Å²) in [7, 11) is -3.73. The summed E-state index contributed by atoms with van der Waals surface area (Å²) < 4.78 is 23.7. The molecule has 0 amide bonds. The first kappa shape index (κ1) is 27.7. The summed E-state index contributed by atoms with van der Waals surface area (Å²) in [6.45, 7) is 17.9. The number of rotatable bonds is 8. The predicted octanol–water partition coefficient (Wildman–Crippen LogP) is 5.14. The SMILES string of the molecule is CCOC(=O)C1(C(=O)OCC)CCC2(CC1)NCCc1cc(O[Si](C)(C)C)c(O[Si](C)(C)C)cc12. The molecule has 1 saturated carbocycles. The van der Waals surface area contributed by atoms with Gasteiger partial charge in [0.05, 0.1) is 13.2 Å². The first-order valence-corrected chi connectivity index (χ1v) is 19.7. The van der Waals surface area contributed by atoms with E-state index in [2.05, 4.69) is 56.7 Å². The summed E-state index contributed by atoms with van der Waals surface area (Å²) in [5, 5.41) is 3.75. The maximum absolute atomic E-state index is 13.0. The topological polar surface area (TPSA) is 83.1 Å². The van der Waals surface area contributed by atoms with Crippen molar-refractivity contribution in [2.75, 3.05) is 19.8 Å². The van der Waals surface area contributed by atoms with Gasteiger partial charge in [-0.05, 0) is 108 Å². The third kappa shape index (κ3) is 6.11. The first-order valence-electron chi connectivity index (χ1n) is 12.9. The maximum atomic E-state index is 13.0. The van der Waals surface area contributed by atoms with Crippen molar-refractivity contribution >= 4 is 28.6 Å². The molecule has 1 heterocycles. The third-order valence-corrected chi connectivity index (χ3v) is 8.33. The normalized spacial score (nSPS) is 19.0. The van der Waals surface area contributed by atoms with Crippen molar-refractivity contribution in [2.24, 2.45) is 5.41 Å². The highest BCUT2D eigenvalue weighted by atomic mass is 28.4. The van der Waals surface area contributed by atoms with Crippen LogP contribution in [0.2, 0.25) is 39.3 Å². The zero-order chi connectivity index (χ0) is 26.1. The second-order valence-electron chi connectivity index (χ2n) is 11.7. The number of fused-ring (bicyclic) bond motifs is 2. The minimum absolute atomic E-state index is 0.240. The Bertz CT molecular complexity index is 922. The van der Waals surface area contributed by atoms with Crippen molar-refractivity contribution in [3.63, 3.8) is 0 Å². The van der Waals surface area contributed by atoms with Gasteiger partial charge in [0.15, 0.2) is 5.41 Å². The minimum atomic E-state index is -1.89. The van der Waals surface area contributed by atoms with Crippen LogP contribution in [0, 0.1) is 5.41 Å². The van der Waals surface area contributed by atoms with Crippen molar-refractivity contribution in [1.29, 1.82) is 0 Å². The molecule has 2 aliphatic rings. The van der Waals surface area contributed by atoms with Gasteiger partial charge < -0.3 is 23.6 Å². The molecule has 1 aromatic carbocycles. The lowest BCUT2D eigenvalue weighted by atomic mass is 9.63. The molecule has 0 atom stereocenters. The van der Waals surface area contributed by atoms with E-state index < -0.39 is 34.0 Å². The molecule has 196 valence electrons. The van der Waals surface area contributed by atoms with Gasteiger partial charge in [0, 0.05) is 12.1 Å². The Kier molecular flexibility index (Phi) is 8.13. The monoisotopic (exact) mass is 521 g/mol. The van der Waals surface area contributed by atoms with Crippen LogP contribution in [0.4, 0.5) is 0 Å². The lowest BCUT2D eigenvalue weighted by Crippen LogP contribution is -2.55. The molecular weight excluding hydrogens is 478 g/mol. The van der Waals surface area contributed by atoms with Crippen LogP contribution in [0.1, 0.15) is 50.7 Å². The van der Waals surface area contributed by atoms with E-state index in [-0.39, 0.29) is 18.8 Å². The van der Waals surface area contributed by atoms with Gasteiger partial charge in [-0.25, -0.2) is 0 Å². The molecule has 0 saturated heterocycles. The van der Waals surface area contributed by atoms with E-state index in [9.17, 15) is 9.59 Å². The fourth-order valence-corrected chi connectivity index (χ4v) is 6.82. The zero-order valence-electron chi connectivity index (χ0n) is 22.8. The summed E-state index contributed by atoms with van der Waals surface area (Å²) in [5.74, 6) is 0.712. The quantitative estimate of drug-likeness (QED) is 0.288. The van der Waals surface area contributed by atoms with Crippen molar-refractivity contribution < 1.29 is 27.9 Å². The van der Waals surface area contributed by atoms with Gasteiger partial charge in [0.1, 0.15) is 11.5 Å². The van der Waals surface area contributed by atoms with E-state index >= 15 is 0 Å². The number of carbonyl (C=O) groups is 2. The van der Waals surface area contributed by atoms with E-state index in [0.29, 0.717) is 25.7 Å². The van der Waals surface area contributed by atoms with Gasteiger partial charge in [-0.1, -0.05) is 0 Å². The smallest absolute Gasteiger partial charge is 0.323 e. The molecule has 1 aliphatic carbocycles. The van der Waals surface area contributed by atoms with E-state index in [0.717, 1.165) is 24.5 Å². The van der Waals surface area contributed by atoms with Crippen LogP contribution in [-0.2, 0) is 31.0 Å². The molecule has 3 rings (SSSR count). The molecule has 35 heavy (non-hydrogen) atoms. The third-order valence-electron chi connectivity index (χ3n) is 6.66. The van der Waals surface area contributed by atoms with Gasteiger partial charge in [-0.2, -0.15) is 0 Å². The highest BCUT2D eigenvalue weighted by Crippen LogP contribution is 2.50. The summed E-state index contributed by atoms with van der Waals surface area (Å²) in [6.07, 6.45) is 2.94. The van der Waals surface area contributed by atoms with Gasteiger partial charge in [0.25, 0.3) is 0 Å². The molecule has 1 aromatic rings. The van der Waals surface area contributed by atoms with Crippen LogP contribution in [-0.4, -0.2) is 48.3 Å². The maximum Gasteiger partial charge on any atom is 0.323 e. The summed E-state index contributed by atoms with van der Waals surface area (Å²) in [6, 6.07) is 4.33. The molecular formula is C26H43NO6Si2. The second kappa shape index (κ2) is 10.3. The van der Waals surface area contributed by atoms with Crippen LogP contribution in [0.3, 0.4) is 0 Å². The molecule has 0 unspecified atom stereocenters. The van der Waals surface area contributed by atoms with Crippen molar-refractivity contribution in [1.82, 2.24) is 5.32 Å². The predicted molar refractivity (Wildman–Crippen MR) is 142 cm³/mol. The van der Waals surface area contributed by atoms with Crippen LogP contribution in [0.25, 0.3) is 0 Å². The molecule has 0 aromatic heterocycles. The average Bonchev–Trinajstić information content (AvgIpc) is 2.74. The lowest BCUT2D eigenvalue weighted by molar-refractivity contribution is -0.176. The zero-order valence-corrected chi connectivity index (χ0v) is 24.8. The Morgan fingerprint density at radius 3 is 1.77 bits per heavy atom. The van der Waals surface area contributed by atoms with E-state index in [1.807, 2.05) is 0 Å². The molecule has 7 nitrogen and oxygen atoms in total. The Morgan fingerprint density at radius 1 is 0.829 bits per heavy atom. The average molecular weight is 522 g/mol. The molecule has 1 fully saturated rings. The largest absolute Gasteiger partial charge is 0.542 e. The summed E-state index contributed by atoms with van der Waals surface area (Å²) in [4.78, 5) is 25.9. The molecule has 0 bridgehead atoms. The van der Waals surface area contributed by atoms with Crippen LogP contribution in [0.5, 0.6) is 11.5 Å². The molecule has 0 radical (unpaired) electrons. The standard InChI is InChI=1S/C26H43NO6Si2/c1-9-30-23(28)25(24(29)31-10-2)12-14-26(15-13-25)20-18-22(33-35(6,7)8)21(32-34(3,4)5)17-19(20)11-16-27-26/h17-18,27H,9-16H2,1-8H3. The van der Waals surface area contributed by atoms with Crippen molar-refractivity contribution in [3.8, 4) is 11.5 Å². The van der Waals surface area contributed by atoms with Crippen LogP contribution >= 0.6 is 0 Å². The van der Waals surface area contributed by atoms with E-state index in [1.54, 1.807) is 13.8 Å². The van der Waals surface area contributed by atoms with Gasteiger partial charge in [-0.15, -0.1) is 0 Å². The Balaban J connectivity index is 2.01. The molecule has 1 N–H and O–H groups in total. The van der Waals surface area contributed by atoms with Crippen LogP contribution in [0.15, 0.2) is 12.1 Å². The molecule has 9 heteroatoms. The Morgan fingerprint density at radius 2 is 1.31 bits per heavy atom. The first-order chi connectivity index (χ1) is 16.3.